The first kappa shape index (κ1) is 13.7. The van der Waals surface area contributed by atoms with E-state index in [1.807, 2.05) is 6.92 Å². The Labute approximate surface area is 104 Å². The number of aryl methyl sites for hydroxylation is 1. The van der Waals surface area contributed by atoms with Crippen LogP contribution in [0.3, 0.4) is 0 Å². The Kier molecular flexibility index (Phi) is 4.52. The fourth-order valence-corrected chi connectivity index (χ4v) is 2.94. The summed E-state index contributed by atoms with van der Waals surface area (Å²) in [7, 11) is -3.08. The summed E-state index contributed by atoms with van der Waals surface area (Å²) in [5.41, 5.74) is 6.63. The number of nitrogens with zero attached hydrogens (tertiary/aromatic N) is 2. The summed E-state index contributed by atoms with van der Waals surface area (Å²) < 4.78 is 24.9. The number of nitrogens with two attached hydrogens (primary N) is 1. The predicted octanol–water partition coefficient (Wildman–Crippen LogP) is 1.10. The van der Waals surface area contributed by atoms with Crippen molar-refractivity contribution < 1.29 is 8.42 Å². The summed E-state index contributed by atoms with van der Waals surface area (Å²) in [5.74, 6) is -0.0684. The molecule has 2 N–H and O–H groups in total. The number of halogens is 1. The van der Waals surface area contributed by atoms with E-state index in [1.54, 1.807) is 10.9 Å². The minimum Gasteiger partial charge on any atom is -0.322 e. The summed E-state index contributed by atoms with van der Waals surface area (Å²) in [4.78, 5) is 0. The van der Waals surface area contributed by atoms with Crippen molar-refractivity contribution in [2.45, 2.75) is 25.9 Å². The molecule has 7 heteroatoms. The fraction of sp³-hybridized carbons (Fsp3) is 0.667. The van der Waals surface area contributed by atoms with Gasteiger partial charge in [0, 0.05) is 12.8 Å². The standard InChI is InChI=1S/C9H16BrN3O2S/c1-3-4-13-9(7(10)5-12-13)8(11)6-16(2,14)15/h5,8H,3-4,6,11H2,1-2H3. The molecule has 16 heavy (non-hydrogen) atoms. The minimum atomic E-state index is -3.08. The Bertz CT molecular complexity index is 455. The summed E-state index contributed by atoms with van der Waals surface area (Å²) in [6.07, 6.45) is 3.75. The Hall–Kier alpha value is -0.400. The monoisotopic (exact) mass is 309 g/mol. The lowest BCUT2D eigenvalue weighted by atomic mass is 10.2. The van der Waals surface area contributed by atoms with Crippen molar-refractivity contribution in [3.05, 3.63) is 16.4 Å². The molecule has 0 aliphatic rings. The quantitative estimate of drug-likeness (QED) is 0.883. The van der Waals surface area contributed by atoms with Crippen LogP contribution in [0.5, 0.6) is 0 Å². The van der Waals surface area contributed by atoms with Crippen molar-refractivity contribution in [3.8, 4) is 0 Å². The zero-order valence-corrected chi connectivity index (χ0v) is 11.8. The van der Waals surface area contributed by atoms with Crippen molar-refractivity contribution >= 4 is 25.8 Å². The van der Waals surface area contributed by atoms with Gasteiger partial charge < -0.3 is 5.73 Å². The molecule has 1 unspecified atom stereocenters. The number of sulfone groups is 1. The van der Waals surface area contributed by atoms with Gasteiger partial charge in [0.15, 0.2) is 0 Å². The molecule has 0 aromatic carbocycles. The van der Waals surface area contributed by atoms with Crippen LogP contribution in [0.2, 0.25) is 0 Å². The highest BCUT2D eigenvalue weighted by molar-refractivity contribution is 9.10. The molecule has 0 bridgehead atoms. The topological polar surface area (TPSA) is 78.0 Å². The third kappa shape index (κ3) is 3.57. The van der Waals surface area contributed by atoms with Gasteiger partial charge in [0.1, 0.15) is 9.84 Å². The van der Waals surface area contributed by atoms with Gasteiger partial charge in [0.05, 0.1) is 28.2 Å². The molecule has 92 valence electrons. The maximum Gasteiger partial charge on any atom is 0.149 e. The molecule has 1 rings (SSSR count). The maximum atomic E-state index is 11.2. The summed E-state index contributed by atoms with van der Waals surface area (Å²) in [5, 5.41) is 4.15. The molecule has 1 atom stereocenters. The molecule has 0 aliphatic heterocycles. The van der Waals surface area contributed by atoms with Crippen LogP contribution in [-0.2, 0) is 16.4 Å². The van der Waals surface area contributed by atoms with Crippen molar-refractivity contribution in [1.29, 1.82) is 0 Å². The molecule has 1 heterocycles. The van der Waals surface area contributed by atoms with E-state index in [2.05, 4.69) is 21.0 Å². The number of rotatable bonds is 5. The van der Waals surface area contributed by atoms with Gasteiger partial charge in [-0.05, 0) is 22.4 Å². The molecule has 0 aliphatic carbocycles. The molecular formula is C9H16BrN3O2S. The highest BCUT2D eigenvalue weighted by Gasteiger charge is 2.20. The molecule has 0 saturated carbocycles. The van der Waals surface area contributed by atoms with E-state index in [9.17, 15) is 8.42 Å². The molecule has 0 saturated heterocycles. The van der Waals surface area contributed by atoms with Crippen LogP contribution in [0.25, 0.3) is 0 Å². The first-order valence-electron chi connectivity index (χ1n) is 4.99. The Balaban J connectivity index is 2.97. The van der Waals surface area contributed by atoms with E-state index in [0.717, 1.165) is 23.1 Å². The first-order chi connectivity index (χ1) is 7.35. The lowest BCUT2D eigenvalue weighted by Crippen LogP contribution is -2.24. The van der Waals surface area contributed by atoms with Gasteiger partial charge in [0.2, 0.25) is 0 Å². The van der Waals surface area contributed by atoms with Crippen molar-refractivity contribution in [1.82, 2.24) is 9.78 Å². The van der Waals surface area contributed by atoms with Gasteiger partial charge in [-0.1, -0.05) is 6.92 Å². The first-order valence-corrected chi connectivity index (χ1v) is 7.85. The molecule has 0 amide bonds. The van der Waals surface area contributed by atoms with Gasteiger partial charge in [-0.2, -0.15) is 5.10 Å². The average Bonchev–Trinajstić information content (AvgIpc) is 2.44. The Morgan fingerprint density at radius 2 is 2.25 bits per heavy atom. The van der Waals surface area contributed by atoms with Crippen molar-refractivity contribution in [3.63, 3.8) is 0 Å². The highest BCUT2D eigenvalue weighted by Crippen LogP contribution is 2.23. The SMILES string of the molecule is CCCn1ncc(Br)c1C(N)CS(C)(=O)=O. The van der Waals surface area contributed by atoms with Crippen LogP contribution < -0.4 is 5.73 Å². The number of aromatic nitrogens is 2. The molecule has 1 aromatic rings. The van der Waals surface area contributed by atoms with Crippen LogP contribution in [0.4, 0.5) is 0 Å². The van der Waals surface area contributed by atoms with Crippen LogP contribution in [0.1, 0.15) is 25.1 Å². The third-order valence-electron chi connectivity index (χ3n) is 2.10. The van der Waals surface area contributed by atoms with E-state index in [-0.39, 0.29) is 5.75 Å². The van der Waals surface area contributed by atoms with E-state index >= 15 is 0 Å². The fourth-order valence-electron chi connectivity index (χ4n) is 1.54. The molecule has 0 radical (unpaired) electrons. The number of hydrogen-bond acceptors (Lipinski definition) is 4. The number of hydrogen-bond donors (Lipinski definition) is 1. The zero-order valence-electron chi connectivity index (χ0n) is 9.35. The predicted molar refractivity (Wildman–Crippen MR) is 66.9 cm³/mol. The third-order valence-corrected chi connectivity index (χ3v) is 3.68. The Morgan fingerprint density at radius 1 is 1.62 bits per heavy atom. The van der Waals surface area contributed by atoms with Crippen LogP contribution in [0, 0.1) is 0 Å². The van der Waals surface area contributed by atoms with Gasteiger partial charge in [-0.3, -0.25) is 4.68 Å². The highest BCUT2D eigenvalue weighted by atomic mass is 79.9. The second-order valence-corrected chi connectivity index (χ2v) is 6.84. The average molecular weight is 310 g/mol. The zero-order chi connectivity index (χ0) is 12.3. The van der Waals surface area contributed by atoms with E-state index in [4.69, 9.17) is 5.73 Å². The lowest BCUT2D eigenvalue weighted by molar-refractivity contribution is 0.545. The normalized spacial score (nSPS) is 14.0. The smallest absolute Gasteiger partial charge is 0.149 e. The Morgan fingerprint density at radius 3 is 2.75 bits per heavy atom. The van der Waals surface area contributed by atoms with Crippen LogP contribution in [-0.4, -0.2) is 30.2 Å². The largest absolute Gasteiger partial charge is 0.322 e. The van der Waals surface area contributed by atoms with E-state index < -0.39 is 15.9 Å². The second-order valence-electron chi connectivity index (χ2n) is 3.80. The second kappa shape index (κ2) is 5.29. The lowest BCUT2D eigenvalue weighted by Gasteiger charge is -2.13. The van der Waals surface area contributed by atoms with Gasteiger partial charge >= 0.3 is 0 Å². The summed E-state index contributed by atoms with van der Waals surface area (Å²) >= 11 is 3.34. The van der Waals surface area contributed by atoms with E-state index in [1.165, 1.54) is 6.26 Å². The van der Waals surface area contributed by atoms with Gasteiger partial charge in [-0.15, -0.1) is 0 Å². The summed E-state index contributed by atoms with van der Waals surface area (Å²) in [6, 6.07) is -0.543. The molecule has 1 aromatic heterocycles. The minimum absolute atomic E-state index is 0.0684. The molecular weight excluding hydrogens is 294 g/mol. The molecule has 0 spiro atoms. The van der Waals surface area contributed by atoms with E-state index in [0.29, 0.717) is 0 Å². The van der Waals surface area contributed by atoms with Gasteiger partial charge in [-0.25, -0.2) is 8.42 Å². The van der Waals surface area contributed by atoms with Crippen LogP contribution in [0.15, 0.2) is 10.7 Å². The van der Waals surface area contributed by atoms with Gasteiger partial charge in [0.25, 0.3) is 0 Å². The molecule has 0 fully saturated rings. The van der Waals surface area contributed by atoms with Crippen molar-refractivity contribution in [2.24, 2.45) is 5.73 Å². The van der Waals surface area contributed by atoms with Crippen LogP contribution >= 0.6 is 15.9 Å². The molecule has 5 nitrogen and oxygen atoms in total. The maximum absolute atomic E-state index is 11.2. The van der Waals surface area contributed by atoms with Crippen molar-refractivity contribution in [2.75, 3.05) is 12.0 Å². The summed E-state index contributed by atoms with van der Waals surface area (Å²) in [6.45, 7) is 2.76.